The van der Waals surface area contributed by atoms with Crippen molar-refractivity contribution in [2.45, 2.75) is 51.8 Å². The van der Waals surface area contributed by atoms with Gasteiger partial charge in [0.05, 0.1) is 42.4 Å². The monoisotopic (exact) mass is 531 g/mol. The fourth-order valence-electron chi connectivity index (χ4n) is 4.64. The van der Waals surface area contributed by atoms with Crippen LogP contribution in [0.3, 0.4) is 0 Å². The Kier molecular flexibility index (Phi) is 9.74. The number of hydrogen-bond acceptors (Lipinski definition) is 6. The van der Waals surface area contributed by atoms with E-state index in [9.17, 15) is 22.8 Å². The molecule has 204 valence electrons. The van der Waals surface area contributed by atoms with Gasteiger partial charge in [0.25, 0.3) is 0 Å². The topological polar surface area (TPSA) is 73.9 Å². The van der Waals surface area contributed by atoms with Gasteiger partial charge in [0.1, 0.15) is 0 Å². The largest absolute Gasteiger partial charge is 0.466 e. The van der Waals surface area contributed by atoms with Crippen LogP contribution in [0.4, 0.5) is 13.2 Å². The maximum absolute atomic E-state index is 13.6. The minimum Gasteiger partial charge on any atom is -0.466 e. The van der Waals surface area contributed by atoms with Crippen molar-refractivity contribution in [2.75, 3.05) is 20.3 Å². The number of dihydropyridines is 1. The van der Waals surface area contributed by atoms with Crippen LogP contribution in [0.15, 0.2) is 77.1 Å². The zero-order valence-electron chi connectivity index (χ0n) is 21.9. The average Bonchev–Trinajstić information content (AvgIpc) is 2.90. The van der Waals surface area contributed by atoms with Crippen LogP contribution in [0.2, 0.25) is 0 Å². The van der Waals surface area contributed by atoms with Crippen molar-refractivity contribution in [3.63, 3.8) is 0 Å². The van der Waals surface area contributed by atoms with Crippen LogP contribution in [0.1, 0.15) is 62.3 Å². The first-order valence-electron chi connectivity index (χ1n) is 12.4. The molecule has 2 unspecified atom stereocenters. The molecule has 2 aromatic carbocycles. The van der Waals surface area contributed by atoms with E-state index in [1.54, 1.807) is 13.8 Å². The Hall–Kier alpha value is -3.59. The summed E-state index contributed by atoms with van der Waals surface area (Å²) in [7, 11) is 1.18. The normalized spacial score (nSPS) is 16.7. The van der Waals surface area contributed by atoms with E-state index < -0.39 is 29.6 Å². The molecule has 1 aliphatic rings. The van der Waals surface area contributed by atoms with E-state index in [0.717, 1.165) is 17.7 Å². The Morgan fingerprint density at radius 3 is 2.29 bits per heavy atom. The number of halogens is 3. The van der Waals surface area contributed by atoms with Gasteiger partial charge in [0, 0.05) is 18.0 Å². The van der Waals surface area contributed by atoms with E-state index >= 15 is 0 Å². The molecule has 3 rings (SSSR count). The molecule has 0 saturated carbocycles. The standard InChI is InChI=1S/C29H32F3NO5/c1-5-37-23(19-11-8-7-9-12-19)16-15-22-26(28(35)38-6-2)25(24(18(3)33-22)27(34)36-4)20-13-10-14-21(17-20)29(30,31)32/h7-14,17,23,25,33H,5-6,15-16H2,1-4H3. The van der Waals surface area contributed by atoms with E-state index in [1.165, 1.54) is 19.2 Å². The summed E-state index contributed by atoms with van der Waals surface area (Å²) in [6, 6.07) is 14.2. The molecule has 1 aliphatic heterocycles. The Morgan fingerprint density at radius 1 is 0.974 bits per heavy atom. The Bertz CT molecular complexity index is 1200. The van der Waals surface area contributed by atoms with E-state index in [0.29, 0.717) is 30.8 Å². The first kappa shape index (κ1) is 29.0. The summed E-state index contributed by atoms with van der Waals surface area (Å²) in [5, 5.41) is 3.14. The highest BCUT2D eigenvalue weighted by molar-refractivity contribution is 5.99. The molecule has 0 aliphatic carbocycles. The predicted octanol–water partition coefficient (Wildman–Crippen LogP) is 6.21. The second-order valence-corrected chi connectivity index (χ2v) is 8.72. The number of methoxy groups -OCH3 is 1. The Balaban J connectivity index is 2.14. The average molecular weight is 532 g/mol. The smallest absolute Gasteiger partial charge is 0.416 e. The van der Waals surface area contributed by atoms with Crippen LogP contribution >= 0.6 is 0 Å². The van der Waals surface area contributed by atoms with E-state index in [4.69, 9.17) is 14.2 Å². The van der Waals surface area contributed by atoms with Gasteiger partial charge >= 0.3 is 18.1 Å². The van der Waals surface area contributed by atoms with Crippen LogP contribution in [0.5, 0.6) is 0 Å². The third kappa shape index (κ3) is 6.64. The molecule has 1 heterocycles. The molecule has 0 fully saturated rings. The van der Waals surface area contributed by atoms with Gasteiger partial charge in [-0.3, -0.25) is 0 Å². The molecule has 9 heteroatoms. The number of nitrogens with one attached hydrogen (secondary N) is 1. The zero-order chi connectivity index (χ0) is 27.9. The molecule has 0 saturated heterocycles. The van der Waals surface area contributed by atoms with Gasteiger partial charge in [0.2, 0.25) is 0 Å². The number of allylic oxidation sites excluding steroid dienone is 2. The van der Waals surface area contributed by atoms with Crippen molar-refractivity contribution >= 4 is 11.9 Å². The number of rotatable bonds is 10. The first-order chi connectivity index (χ1) is 18.1. The summed E-state index contributed by atoms with van der Waals surface area (Å²) in [6.07, 6.45) is -4.10. The number of ether oxygens (including phenoxy) is 3. The van der Waals surface area contributed by atoms with E-state index in [1.807, 2.05) is 37.3 Å². The second kappa shape index (κ2) is 12.8. The lowest BCUT2D eigenvalue weighted by Crippen LogP contribution is -2.33. The van der Waals surface area contributed by atoms with Gasteiger partial charge in [-0.1, -0.05) is 48.5 Å². The number of carbonyl (C=O) groups excluding carboxylic acids is 2. The first-order valence-corrected chi connectivity index (χ1v) is 12.4. The predicted molar refractivity (Wildman–Crippen MR) is 136 cm³/mol. The summed E-state index contributed by atoms with van der Waals surface area (Å²) in [6.45, 7) is 5.67. The van der Waals surface area contributed by atoms with Gasteiger partial charge in [-0.25, -0.2) is 9.59 Å². The van der Waals surface area contributed by atoms with Gasteiger partial charge in [-0.2, -0.15) is 13.2 Å². The van der Waals surface area contributed by atoms with Crippen molar-refractivity contribution in [1.29, 1.82) is 0 Å². The quantitative estimate of drug-likeness (QED) is 0.367. The van der Waals surface area contributed by atoms with Crippen molar-refractivity contribution in [2.24, 2.45) is 0 Å². The summed E-state index contributed by atoms with van der Waals surface area (Å²) in [4.78, 5) is 26.2. The Morgan fingerprint density at radius 2 is 1.68 bits per heavy atom. The number of hydrogen-bond donors (Lipinski definition) is 1. The van der Waals surface area contributed by atoms with Gasteiger partial charge < -0.3 is 19.5 Å². The highest BCUT2D eigenvalue weighted by Gasteiger charge is 2.40. The van der Waals surface area contributed by atoms with Crippen molar-refractivity contribution in [3.8, 4) is 0 Å². The SMILES string of the molecule is CCOC(=O)C1=C(CCC(OCC)c2ccccc2)NC(C)=C(C(=O)OC)C1c1cccc(C(F)(F)F)c1. The molecule has 0 aromatic heterocycles. The summed E-state index contributed by atoms with van der Waals surface area (Å²) < 4.78 is 57.0. The molecule has 0 bridgehead atoms. The fraction of sp³-hybridized carbons (Fsp3) is 0.379. The third-order valence-corrected chi connectivity index (χ3v) is 6.29. The van der Waals surface area contributed by atoms with E-state index in [-0.39, 0.29) is 29.4 Å². The lowest BCUT2D eigenvalue weighted by Gasteiger charge is -2.32. The fourth-order valence-corrected chi connectivity index (χ4v) is 4.64. The summed E-state index contributed by atoms with van der Waals surface area (Å²) in [5.74, 6) is -2.60. The summed E-state index contributed by atoms with van der Waals surface area (Å²) >= 11 is 0. The van der Waals surface area contributed by atoms with Crippen LogP contribution < -0.4 is 5.32 Å². The molecule has 38 heavy (non-hydrogen) atoms. The molecule has 6 nitrogen and oxygen atoms in total. The number of carbonyl (C=O) groups is 2. The van der Waals surface area contributed by atoms with Crippen LogP contribution in [-0.2, 0) is 30.0 Å². The molecule has 0 radical (unpaired) electrons. The minimum atomic E-state index is -4.61. The minimum absolute atomic E-state index is 0.0445. The lowest BCUT2D eigenvalue weighted by molar-refractivity contribution is -0.139. The highest BCUT2D eigenvalue weighted by Crippen LogP contribution is 2.42. The Labute approximate surface area is 220 Å². The molecular formula is C29H32F3NO5. The van der Waals surface area contributed by atoms with Gasteiger partial charge in [-0.05, 0) is 50.8 Å². The third-order valence-electron chi connectivity index (χ3n) is 6.29. The molecule has 2 atom stereocenters. The lowest BCUT2D eigenvalue weighted by atomic mass is 9.79. The van der Waals surface area contributed by atoms with Crippen LogP contribution in [-0.4, -0.2) is 32.3 Å². The molecule has 0 amide bonds. The maximum atomic E-state index is 13.6. The zero-order valence-corrected chi connectivity index (χ0v) is 21.9. The van der Waals surface area contributed by atoms with E-state index in [2.05, 4.69) is 5.32 Å². The molecule has 1 N–H and O–H groups in total. The van der Waals surface area contributed by atoms with Crippen LogP contribution in [0.25, 0.3) is 0 Å². The maximum Gasteiger partial charge on any atom is 0.416 e. The number of alkyl halides is 3. The van der Waals surface area contributed by atoms with Crippen molar-refractivity contribution in [1.82, 2.24) is 5.32 Å². The van der Waals surface area contributed by atoms with Gasteiger partial charge in [0.15, 0.2) is 0 Å². The molecular weight excluding hydrogens is 499 g/mol. The molecule has 2 aromatic rings. The highest BCUT2D eigenvalue weighted by atomic mass is 19.4. The molecule has 0 spiro atoms. The van der Waals surface area contributed by atoms with Crippen molar-refractivity contribution in [3.05, 3.63) is 93.8 Å². The van der Waals surface area contributed by atoms with Crippen molar-refractivity contribution < 1.29 is 37.0 Å². The van der Waals surface area contributed by atoms with Gasteiger partial charge in [-0.15, -0.1) is 0 Å². The number of esters is 2. The second-order valence-electron chi connectivity index (χ2n) is 8.72. The number of benzene rings is 2. The summed E-state index contributed by atoms with van der Waals surface area (Å²) in [5.41, 5.74) is 1.15. The van der Waals surface area contributed by atoms with Crippen LogP contribution in [0, 0.1) is 0 Å².